The van der Waals surface area contributed by atoms with E-state index in [4.69, 9.17) is 4.74 Å². The standard InChI is InChI=1S/C34H31N3O5S2/c1-4-37(44(40,41)29-14-5-22(2)6-15-29)27-11-16-31-25(19-27)20-32(43-31)33(38)35-26-10-7-23-17-18-36(30(23)21-26)34(39)24-8-12-28(42-3)13-9-24/h5-16,19-21H,4,17-18H2,1-3H3,(H,35,38). The van der Waals surface area contributed by atoms with Crippen molar-refractivity contribution in [1.29, 1.82) is 0 Å². The van der Waals surface area contributed by atoms with E-state index in [2.05, 4.69) is 5.32 Å². The van der Waals surface area contributed by atoms with Gasteiger partial charge in [-0.2, -0.15) is 0 Å². The van der Waals surface area contributed by atoms with Gasteiger partial charge in [-0.3, -0.25) is 13.9 Å². The van der Waals surface area contributed by atoms with Gasteiger partial charge in [0.15, 0.2) is 0 Å². The minimum atomic E-state index is -3.75. The number of rotatable bonds is 8. The summed E-state index contributed by atoms with van der Waals surface area (Å²) in [6, 6.07) is 26.6. The fourth-order valence-corrected chi connectivity index (χ4v) is 7.78. The zero-order valence-corrected chi connectivity index (χ0v) is 26.2. The third kappa shape index (κ3) is 5.54. The van der Waals surface area contributed by atoms with Crippen molar-refractivity contribution in [2.24, 2.45) is 0 Å². The lowest BCUT2D eigenvalue weighted by Crippen LogP contribution is -2.30. The Balaban J connectivity index is 1.21. The second-order valence-electron chi connectivity index (χ2n) is 10.5. The van der Waals surface area contributed by atoms with E-state index in [9.17, 15) is 18.0 Å². The van der Waals surface area contributed by atoms with E-state index >= 15 is 0 Å². The molecule has 0 saturated carbocycles. The number of hydrogen-bond acceptors (Lipinski definition) is 6. The van der Waals surface area contributed by atoms with Gasteiger partial charge < -0.3 is 15.0 Å². The first-order valence-electron chi connectivity index (χ1n) is 14.2. The molecule has 0 atom stereocenters. The molecule has 8 nitrogen and oxygen atoms in total. The van der Waals surface area contributed by atoms with Crippen molar-refractivity contribution in [1.82, 2.24) is 0 Å². The minimum absolute atomic E-state index is 0.110. The molecule has 0 saturated heterocycles. The molecule has 10 heteroatoms. The van der Waals surface area contributed by atoms with Gasteiger partial charge in [-0.05, 0) is 104 Å². The van der Waals surface area contributed by atoms with Gasteiger partial charge in [-0.1, -0.05) is 23.8 Å². The van der Waals surface area contributed by atoms with Crippen LogP contribution in [0.4, 0.5) is 17.1 Å². The Kier molecular flexibility index (Phi) is 7.87. The van der Waals surface area contributed by atoms with Gasteiger partial charge in [0.2, 0.25) is 0 Å². The van der Waals surface area contributed by atoms with E-state index in [1.54, 1.807) is 85.7 Å². The number of carbonyl (C=O) groups excluding carboxylic acids is 2. The number of methoxy groups -OCH3 is 1. The number of anilines is 3. The molecule has 1 aromatic heterocycles. The number of aryl methyl sites for hydroxylation is 1. The lowest BCUT2D eigenvalue weighted by molar-refractivity contribution is 0.0988. The monoisotopic (exact) mass is 625 g/mol. The molecule has 44 heavy (non-hydrogen) atoms. The molecule has 224 valence electrons. The first kappa shape index (κ1) is 29.4. The van der Waals surface area contributed by atoms with Gasteiger partial charge in [0.25, 0.3) is 21.8 Å². The molecule has 0 radical (unpaired) electrons. The van der Waals surface area contributed by atoms with Crippen LogP contribution in [0.15, 0.2) is 95.9 Å². The van der Waals surface area contributed by atoms with Crippen molar-refractivity contribution < 1.29 is 22.7 Å². The predicted octanol–water partition coefficient (Wildman–Crippen LogP) is 6.89. The maximum atomic E-state index is 13.4. The van der Waals surface area contributed by atoms with Crippen LogP contribution in [0.3, 0.4) is 0 Å². The van der Waals surface area contributed by atoms with E-state index in [1.807, 2.05) is 31.2 Å². The van der Waals surface area contributed by atoms with Gasteiger partial charge in [-0.25, -0.2) is 8.42 Å². The number of hydrogen-bond donors (Lipinski definition) is 1. The fourth-order valence-electron chi connectivity index (χ4n) is 5.38. The minimum Gasteiger partial charge on any atom is -0.497 e. The fraction of sp³-hybridized carbons (Fsp3) is 0.176. The van der Waals surface area contributed by atoms with Crippen LogP contribution in [0.25, 0.3) is 10.1 Å². The largest absolute Gasteiger partial charge is 0.497 e. The molecule has 0 aliphatic carbocycles. The van der Waals surface area contributed by atoms with Crippen LogP contribution in [-0.4, -0.2) is 40.4 Å². The van der Waals surface area contributed by atoms with E-state index < -0.39 is 10.0 Å². The van der Waals surface area contributed by atoms with Crippen LogP contribution < -0.4 is 19.3 Å². The smallest absolute Gasteiger partial charge is 0.265 e. The summed E-state index contributed by atoms with van der Waals surface area (Å²) < 4.78 is 34.3. The van der Waals surface area contributed by atoms with E-state index in [1.165, 1.54) is 15.6 Å². The van der Waals surface area contributed by atoms with Crippen LogP contribution in [0.5, 0.6) is 5.75 Å². The molecule has 6 rings (SSSR count). The number of amides is 2. The Labute approximate surface area is 260 Å². The summed E-state index contributed by atoms with van der Waals surface area (Å²) in [5.41, 5.74) is 4.48. The lowest BCUT2D eigenvalue weighted by atomic mass is 10.1. The normalized spacial score (nSPS) is 12.7. The van der Waals surface area contributed by atoms with Crippen molar-refractivity contribution in [3.63, 3.8) is 0 Å². The lowest BCUT2D eigenvalue weighted by Gasteiger charge is -2.23. The molecule has 4 aromatic carbocycles. The van der Waals surface area contributed by atoms with Crippen molar-refractivity contribution in [2.45, 2.75) is 25.2 Å². The average Bonchev–Trinajstić information content (AvgIpc) is 3.65. The summed E-state index contributed by atoms with van der Waals surface area (Å²) in [5.74, 6) is 0.292. The van der Waals surface area contributed by atoms with Gasteiger partial charge in [0, 0.05) is 34.7 Å². The van der Waals surface area contributed by atoms with Gasteiger partial charge in [0.05, 0.1) is 22.6 Å². The van der Waals surface area contributed by atoms with Crippen LogP contribution in [0.2, 0.25) is 0 Å². The summed E-state index contributed by atoms with van der Waals surface area (Å²) in [5, 5.41) is 3.75. The highest BCUT2D eigenvalue weighted by Gasteiger charge is 2.27. The Morgan fingerprint density at radius 3 is 2.41 bits per heavy atom. The molecule has 2 amide bonds. The molecule has 0 bridgehead atoms. The van der Waals surface area contributed by atoms with Gasteiger partial charge in [0.1, 0.15) is 5.75 Å². The topological polar surface area (TPSA) is 96.0 Å². The highest BCUT2D eigenvalue weighted by atomic mass is 32.2. The SMILES string of the molecule is CCN(c1ccc2sc(C(=O)Nc3ccc4c(c3)N(C(=O)c3ccc(OC)cc3)CC4)cc2c1)S(=O)(=O)c1ccc(C)cc1. The number of nitrogens with one attached hydrogen (secondary N) is 1. The maximum Gasteiger partial charge on any atom is 0.265 e. The van der Waals surface area contributed by atoms with Crippen molar-refractivity contribution in [3.8, 4) is 5.75 Å². The molecule has 2 heterocycles. The number of thiophene rings is 1. The molecule has 5 aromatic rings. The van der Waals surface area contributed by atoms with Gasteiger partial charge >= 0.3 is 0 Å². The quantitative estimate of drug-likeness (QED) is 0.203. The van der Waals surface area contributed by atoms with Crippen LogP contribution in [-0.2, 0) is 16.4 Å². The average molecular weight is 626 g/mol. The first-order valence-corrected chi connectivity index (χ1v) is 16.5. The number of fused-ring (bicyclic) bond motifs is 2. The molecular weight excluding hydrogens is 595 g/mol. The highest BCUT2D eigenvalue weighted by Crippen LogP contribution is 2.35. The van der Waals surface area contributed by atoms with Crippen molar-refractivity contribution >= 4 is 60.3 Å². The zero-order valence-electron chi connectivity index (χ0n) is 24.5. The number of sulfonamides is 1. The summed E-state index contributed by atoms with van der Waals surface area (Å²) in [6.07, 6.45) is 0.735. The second-order valence-corrected chi connectivity index (χ2v) is 13.5. The Morgan fingerprint density at radius 2 is 1.70 bits per heavy atom. The number of benzene rings is 4. The summed E-state index contributed by atoms with van der Waals surface area (Å²) in [6.45, 7) is 4.53. The van der Waals surface area contributed by atoms with Crippen molar-refractivity contribution in [3.05, 3.63) is 113 Å². The molecule has 1 N–H and O–H groups in total. The molecular formula is C34H31N3O5S2. The summed E-state index contributed by atoms with van der Waals surface area (Å²) >= 11 is 1.33. The van der Waals surface area contributed by atoms with Crippen LogP contribution in [0, 0.1) is 6.92 Å². The third-order valence-corrected chi connectivity index (χ3v) is 10.8. The molecule has 1 aliphatic rings. The van der Waals surface area contributed by atoms with E-state index in [0.717, 1.165) is 33.3 Å². The summed E-state index contributed by atoms with van der Waals surface area (Å²) in [7, 11) is -2.17. The molecule has 1 aliphatic heterocycles. The predicted molar refractivity (Wildman–Crippen MR) is 176 cm³/mol. The van der Waals surface area contributed by atoms with Gasteiger partial charge in [-0.15, -0.1) is 11.3 Å². The van der Waals surface area contributed by atoms with Crippen molar-refractivity contribution in [2.75, 3.05) is 34.7 Å². The van der Waals surface area contributed by atoms with Crippen LogP contribution in [0.1, 0.15) is 38.1 Å². The second kappa shape index (κ2) is 11.8. The van der Waals surface area contributed by atoms with E-state index in [0.29, 0.717) is 34.1 Å². The molecule has 0 unspecified atom stereocenters. The Morgan fingerprint density at radius 1 is 0.955 bits per heavy atom. The Hall–Kier alpha value is -4.67. The number of nitrogens with zero attached hydrogens (tertiary/aromatic N) is 2. The number of carbonyl (C=O) groups is 2. The highest BCUT2D eigenvalue weighted by molar-refractivity contribution is 7.92. The first-order chi connectivity index (χ1) is 21.2. The summed E-state index contributed by atoms with van der Waals surface area (Å²) in [4.78, 5) is 29.1. The molecule has 0 fully saturated rings. The third-order valence-electron chi connectivity index (χ3n) is 7.73. The molecule has 0 spiro atoms. The van der Waals surface area contributed by atoms with E-state index in [-0.39, 0.29) is 23.3 Å². The Bertz CT molecular complexity index is 1980. The zero-order chi connectivity index (χ0) is 31.0. The van der Waals surface area contributed by atoms with Crippen LogP contribution >= 0.6 is 11.3 Å². The number of ether oxygens (including phenoxy) is 1. The maximum absolute atomic E-state index is 13.4.